The molecular formula is C19H24FN3O2. The van der Waals surface area contributed by atoms with Crippen LogP contribution in [0.3, 0.4) is 0 Å². The second-order valence-corrected chi connectivity index (χ2v) is 6.45. The van der Waals surface area contributed by atoms with Crippen LogP contribution in [0.25, 0.3) is 0 Å². The predicted molar refractivity (Wildman–Crippen MR) is 94.9 cm³/mol. The highest BCUT2D eigenvalue weighted by atomic mass is 19.1. The van der Waals surface area contributed by atoms with Crippen molar-refractivity contribution < 1.29 is 9.50 Å². The molecule has 0 aliphatic carbocycles. The van der Waals surface area contributed by atoms with E-state index in [0.717, 1.165) is 32.7 Å². The van der Waals surface area contributed by atoms with Crippen LogP contribution in [-0.4, -0.2) is 58.7 Å². The third kappa shape index (κ3) is 4.98. The highest BCUT2D eigenvalue weighted by Gasteiger charge is 2.20. The highest BCUT2D eigenvalue weighted by Crippen LogP contribution is 2.16. The van der Waals surface area contributed by atoms with E-state index in [1.807, 2.05) is 12.3 Å². The number of hydrogen-bond donors (Lipinski definition) is 1. The lowest BCUT2D eigenvalue weighted by molar-refractivity contribution is 0.0712. The number of β-amino-alcohol motifs (C(OH)–C–C–N with tert-alkyl or cyclic N) is 1. The number of benzene rings is 1. The van der Waals surface area contributed by atoms with Crippen molar-refractivity contribution in [1.29, 1.82) is 0 Å². The Labute approximate surface area is 146 Å². The number of aromatic nitrogens is 1. The van der Waals surface area contributed by atoms with Gasteiger partial charge in [-0.05, 0) is 23.8 Å². The zero-order chi connectivity index (χ0) is 17.6. The van der Waals surface area contributed by atoms with Crippen LogP contribution in [0.1, 0.15) is 11.7 Å². The fourth-order valence-electron chi connectivity index (χ4n) is 3.15. The molecule has 0 spiro atoms. The van der Waals surface area contributed by atoms with Gasteiger partial charge in [-0.25, -0.2) is 4.39 Å². The lowest BCUT2D eigenvalue weighted by Crippen LogP contribution is -2.48. The number of hydrogen-bond acceptors (Lipinski definition) is 4. The standard InChI is InChI=1S/C19H24FN3O2/c20-17-5-3-4-16(14-17)18(24)15-22-10-8-21(9-11-22)12-13-23-7-2-1-6-19(23)25/h1-7,14,18,24H,8-13,15H2/t18-/m1/s1. The summed E-state index contributed by atoms with van der Waals surface area (Å²) in [5.74, 6) is -0.322. The molecule has 0 amide bonds. The van der Waals surface area contributed by atoms with Crippen LogP contribution in [0.4, 0.5) is 4.39 Å². The Morgan fingerprint density at radius 1 is 1.00 bits per heavy atom. The molecule has 3 rings (SSSR count). The minimum Gasteiger partial charge on any atom is -0.387 e. The van der Waals surface area contributed by atoms with Gasteiger partial charge in [0.25, 0.3) is 5.56 Å². The van der Waals surface area contributed by atoms with Gasteiger partial charge in [-0.15, -0.1) is 0 Å². The van der Waals surface area contributed by atoms with E-state index in [2.05, 4.69) is 9.80 Å². The molecule has 1 N–H and O–H groups in total. The Morgan fingerprint density at radius 2 is 1.76 bits per heavy atom. The van der Waals surface area contributed by atoms with Crippen molar-refractivity contribution in [2.75, 3.05) is 39.3 Å². The van der Waals surface area contributed by atoms with Crippen molar-refractivity contribution in [2.45, 2.75) is 12.6 Å². The SMILES string of the molecule is O=c1ccccn1CCN1CCN(C[C@@H](O)c2cccc(F)c2)CC1. The molecule has 1 aliphatic heterocycles. The first-order chi connectivity index (χ1) is 12.1. The molecule has 1 aromatic heterocycles. The second-order valence-electron chi connectivity index (χ2n) is 6.45. The molecule has 134 valence electrons. The molecule has 5 nitrogen and oxygen atoms in total. The Kier molecular flexibility index (Phi) is 5.96. The van der Waals surface area contributed by atoms with Crippen molar-refractivity contribution in [1.82, 2.24) is 14.4 Å². The third-order valence-corrected chi connectivity index (χ3v) is 4.69. The van der Waals surface area contributed by atoms with Gasteiger partial charge in [-0.2, -0.15) is 0 Å². The van der Waals surface area contributed by atoms with Gasteiger partial charge in [0.2, 0.25) is 0 Å². The largest absolute Gasteiger partial charge is 0.387 e. The molecule has 0 bridgehead atoms. The Balaban J connectivity index is 1.44. The Morgan fingerprint density at radius 3 is 2.48 bits per heavy atom. The van der Waals surface area contributed by atoms with Crippen LogP contribution in [0.5, 0.6) is 0 Å². The normalized spacial score (nSPS) is 17.5. The molecule has 1 aliphatic rings. The van der Waals surface area contributed by atoms with E-state index < -0.39 is 6.10 Å². The average Bonchev–Trinajstić information content (AvgIpc) is 2.62. The van der Waals surface area contributed by atoms with Crippen LogP contribution in [0.2, 0.25) is 0 Å². The van der Waals surface area contributed by atoms with E-state index >= 15 is 0 Å². The number of piperazine rings is 1. The Hall–Kier alpha value is -2.02. The fraction of sp³-hybridized carbons (Fsp3) is 0.421. The average molecular weight is 345 g/mol. The van der Waals surface area contributed by atoms with Crippen LogP contribution in [-0.2, 0) is 6.54 Å². The molecule has 2 heterocycles. The number of halogens is 1. The number of pyridine rings is 1. The molecule has 1 atom stereocenters. The van der Waals surface area contributed by atoms with Gasteiger partial charge >= 0.3 is 0 Å². The van der Waals surface area contributed by atoms with Gasteiger partial charge in [-0.3, -0.25) is 14.6 Å². The Bertz CT molecular complexity index is 741. The molecule has 0 radical (unpaired) electrons. The summed E-state index contributed by atoms with van der Waals surface area (Å²) in [6, 6.07) is 11.3. The molecule has 1 saturated heterocycles. The van der Waals surface area contributed by atoms with Crippen molar-refractivity contribution >= 4 is 0 Å². The molecule has 1 fully saturated rings. The van der Waals surface area contributed by atoms with Crippen LogP contribution >= 0.6 is 0 Å². The first kappa shape index (κ1) is 17.8. The lowest BCUT2D eigenvalue weighted by Gasteiger charge is -2.35. The molecule has 25 heavy (non-hydrogen) atoms. The molecule has 0 saturated carbocycles. The van der Waals surface area contributed by atoms with Gasteiger partial charge in [0.05, 0.1) is 6.10 Å². The predicted octanol–water partition coefficient (Wildman–Crippen LogP) is 1.34. The lowest BCUT2D eigenvalue weighted by atomic mass is 10.1. The molecule has 1 aromatic carbocycles. The molecule has 2 aromatic rings. The third-order valence-electron chi connectivity index (χ3n) is 4.69. The minimum absolute atomic E-state index is 0.0272. The summed E-state index contributed by atoms with van der Waals surface area (Å²) in [5.41, 5.74) is 0.644. The van der Waals surface area contributed by atoms with E-state index in [4.69, 9.17) is 0 Å². The maximum absolute atomic E-state index is 13.3. The first-order valence-electron chi connectivity index (χ1n) is 8.65. The number of aliphatic hydroxyl groups excluding tert-OH is 1. The van der Waals surface area contributed by atoms with Gasteiger partial charge in [0.15, 0.2) is 0 Å². The van der Waals surface area contributed by atoms with Gasteiger partial charge in [0.1, 0.15) is 5.82 Å². The molecule has 6 heteroatoms. The van der Waals surface area contributed by atoms with Gasteiger partial charge in [-0.1, -0.05) is 18.2 Å². The minimum atomic E-state index is -0.676. The van der Waals surface area contributed by atoms with E-state index in [1.54, 1.807) is 28.8 Å². The summed E-state index contributed by atoms with van der Waals surface area (Å²) in [6.45, 7) is 5.55. The summed E-state index contributed by atoms with van der Waals surface area (Å²) in [5, 5.41) is 10.3. The summed E-state index contributed by atoms with van der Waals surface area (Å²) in [7, 11) is 0. The second kappa shape index (κ2) is 8.38. The summed E-state index contributed by atoms with van der Waals surface area (Å²) in [6.07, 6.45) is 1.14. The molecule has 0 unspecified atom stereocenters. The van der Waals surface area contributed by atoms with E-state index in [1.165, 1.54) is 12.1 Å². The van der Waals surface area contributed by atoms with E-state index in [-0.39, 0.29) is 11.4 Å². The zero-order valence-electron chi connectivity index (χ0n) is 14.2. The maximum Gasteiger partial charge on any atom is 0.250 e. The number of aliphatic hydroxyl groups is 1. The smallest absolute Gasteiger partial charge is 0.250 e. The maximum atomic E-state index is 13.3. The van der Waals surface area contributed by atoms with Crippen molar-refractivity contribution in [3.8, 4) is 0 Å². The molecular weight excluding hydrogens is 321 g/mol. The van der Waals surface area contributed by atoms with Crippen LogP contribution in [0.15, 0.2) is 53.5 Å². The summed E-state index contributed by atoms with van der Waals surface area (Å²) >= 11 is 0. The van der Waals surface area contributed by atoms with Crippen LogP contribution in [0, 0.1) is 5.82 Å². The quantitative estimate of drug-likeness (QED) is 0.858. The van der Waals surface area contributed by atoms with Gasteiger partial charge in [0, 0.05) is 58.1 Å². The summed E-state index contributed by atoms with van der Waals surface area (Å²) < 4.78 is 15.0. The van der Waals surface area contributed by atoms with Gasteiger partial charge < -0.3 is 9.67 Å². The van der Waals surface area contributed by atoms with Crippen molar-refractivity contribution in [3.63, 3.8) is 0 Å². The zero-order valence-corrected chi connectivity index (χ0v) is 14.2. The summed E-state index contributed by atoms with van der Waals surface area (Å²) in [4.78, 5) is 16.2. The van der Waals surface area contributed by atoms with Crippen LogP contribution < -0.4 is 5.56 Å². The number of nitrogens with zero attached hydrogens (tertiary/aromatic N) is 3. The highest BCUT2D eigenvalue weighted by molar-refractivity contribution is 5.19. The fourth-order valence-corrected chi connectivity index (χ4v) is 3.15. The van der Waals surface area contributed by atoms with Crippen molar-refractivity contribution in [3.05, 3.63) is 70.4 Å². The monoisotopic (exact) mass is 345 g/mol. The topological polar surface area (TPSA) is 48.7 Å². The van der Waals surface area contributed by atoms with E-state index in [0.29, 0.717) is 18.7 Å². The number of rotatable bonds is 6. The van der Waals surface area contributed by atoms with E-state index in [9.17, 15) is 14.3 Å². The first-order valence-corrected chi connectivity index (χ1v) is 8.65. The van der Waals surface area contributed by atoms with Crippen molar-refractivity contribution in [2.24, 2.45) is 0 Å².